The Labute approximate surface area is 206 Å². The average molecular weight is 480 g/mol. The number of thiazole rings is 1. The van der Waals surface area contributed by atoms with E-state index in [4.69, 9.17) is 9.72 Å². The minimum atomic E-state index is -0.210. The molecular weight excluding hydrogens is 458 g/mol. The van der Waals surface area contributed by atoms with E-state index < -0.39 is 0 Å². The molecular formula is C28H21N3O3S. The van der Waals surface area contributed by atoms with Crippen LogP contribution < -0.4 is 9.64 Å². The van der Waals surface area contributed by atoms with Crippen LogP contribution in [0.25, 0.3) is 10.2 Å². The molecule has 172 valence electrons. The second-order valence-corrected chi connectivity index (χ2v) is 8.86. The first kappa shape index (κ1) is 22.4. The highest BCUT2D eigenvalue weighted by atomic mass is 32.1. The molecule has 5 aromatic rings. The predicted octanol–water partition coefficient (Wildman–Crippen LogP) is 5.78. The fourth-order valence-corrected chi connectivity index (χ4v) is 4.66. The van der Waals surface area contributed by atoms with Gasteiger partial charge in [-0.3, -0.25) is 19.5 Å². The number of anilines is 1. The van der Waals surface area contributed by atoms with Crippen LogP contribution in [0, 0.1) is 0 Å². The summed E-state index contributed by atoms with van der Waals surface area (Å²) in [6.45, 7) is 0.314. The zero-order chi connectivity index (χ0) is 24.2. The minimum Gasteiger partial charge on any atom is -0.497 e. The molecule has 0 bridgehead atoms. The number of fused-ring (bicyclic) bond motifs is 1. The molecule has 0 spiro atoms. The first-order valence-corrected chi connectivity index (χ1v) is 11.8. The molecule has 0 saturated heterocycles. The molecule has 7 heteroatoms. The first-order chi connectivity index (χ1) is 17.1. The molecule has 2 heterocycles. The Morgan fingerprint density at radius 3 is 2.34 bits per heavy atom. The Morgan fingerprint density at radius 2 is 1.63 bits per heavy atom. The first-order valence-electron chi connectivity index (χ1n) is 11.0. The maximum atomic E-state index is 13.7. The van der Waals surface area contributed by atoms with E-state index in [0.717, 1.165) is 15.8 Å². The van der Waals surface area contributed by atoms with Gasteiger partial charge in [0, 0.05) is 35.2 Å². The third-order valence-corrected chi connectivity index (χ3v) is 6.61. The van der Waals surface area contributed by atoms with Crippen molar-refractivity contribution in [2.75, 3.05) is 12.0 Å². The Bertz CT molecular complexity index is 1480. The molecule has 6 nitrogen and oxygen atoms in total. The van der Waals surface area contributed by atoms with Crippen LogP contribution in [0.4, 0.5) is 5.13 Å². The number of pyridine rings is 1. The van der Waals surface area contributed by atoms with Crippen LogP contribution >= 0.6 is 11.3 Å². The number of hydrogen-bond donors (Lipinski definition) is 0. The van der Waals surface area contributed by atoms with Gasteiger partial charge in [0.25, 0.3) is 5.91 Å². The molecule has 0 aliphatic rings. The van der Waals surface area contributed by atoms with Gasteiger partial charge < -0.3 is 4.74 Å². The van der Waals surface area contributed by atoms with Crippen LogP contribution in [0.3, 0.4) is 0 Å². The van der Waals surface area contributed by atoms with Crippen LogP contribution in [0.1, 0.15) is 31.8 Å². The highest BCUT2D eigenvalue weighted by Crippen LogP contribution is 2.32. The molecule has 1 amide bonds. The van der Waals surface area contributed by atoms with Crippen LogP contribution in [0.2, 0.25) is 0 Å². The number of hydrogen-bond acceptors (Lipinski definition) is 6. The molecule has 0 aliphatic heterocycles. The lowest BCUT2D eigenvalue weighted by atomic mass is 10.0. The van der Waals surface area contributed by atoms with E-state index in [1.807, 2.05) is 48.5 Å². The van der Waals surface area contributed by atoms with Crippen molar-refractivity contribution in [1.82, 2.24) is 9.97 Å². The van der Waals surface area contributed by atoms with Gasteiger partial charge >= 0.3 is 0 Å². The summed E-state index contributed by atoms with van der Waals surface area (Å²) >= 11 is 1.44. The van der Waals surface area contributed by atoms with Gasteiger partial charge in [0.2, 0.25) is 0 Å². The molecule has 0 fully saturated rings. The number of nitrogens with zero attached hydrogens (tertiary/aromatic N) is 3. The van der Waals surface area contributed by atoms with Crippen molar-refractivity contribution in [3.63, 3.8) is 0 Å². The van der Waals surface area contributed by atoms with E-state index in [2.05, 4.69) is 4.98 Å². The largest absolute Gasteiger partial charge is 0.497 e. The zero-order valence-corrected chi connectivity index (χ0v) is 19.7. The summed E-state index contributed by atoms with van der Waals surface area (Å²) < 4.78 is 6.27. The van der Waals surface area contributed by atoms with Gasteiger partial charge in [-0.25, -0.2) is 4.98 Å². The van der Waals surface area contributed by atoms with E-state index in [1.54, 1.807) is 60.8 Å². The van der Waals surface area contributed by atoms with Crippen molar-refractivity contribution in [3.05, 3.63) is 120 Å². The van der Waals surface area contributed by atoms with Gasteiger partial charge in [-0.15, -0.1) is 0 Å². The lowest BCUT2D eigenvalue weighted by Gasteiger charge is -2.20. The minimum absolute atomic E-state index is 0.0862. The maximum Gasteiger partial charge on any atom is 0.260 e. The number of amides is 1. The SMILES string of the molecule is COc1ccc2sc(N(Cc3cccnc3)C(=O)c3ccc(C(=O)c4ccccc4)cc3)nc2c1. The number of carbonyl (C=O) groups is 2. The molecule has 0 N–H and O–H groups in total. The number of benzene rings is 3. The second-order valence-electron chi connectivity index (χ2n) is 7.86. The van der Waals surface area contributed by atoms with Crippen molar-refractivity contribution in [3.8, 4) is 5.75 Å². The number of carbonyl (C=O) groups excluding carboxylic acids is 2. The number of aromatic nitrogens is 2. The number of ether oxygens (including phenoxy) is 1. The van der Waals surface area contributed by atoms with Crippen LogP contribution in [0.15, 0.2) is 97.3 Å². The fourth-order valence-electron chi connectivity index (χ4n) is 3.71. The Hall–Kier alpha value is -4.36. The van der Waals surface area contributed by atoms with Crippen molar-refractivity contribution >= 4 is 38.4 Å². The Kier molecular flexibility index (Phi) is 6.32. The monoisotopic (exact) mass is 479 g/mol. The summed E-state index contributed by atoms with van der Waals surface area (Å²) in [4.78, 5) is 37.0. The summed E-state index contributed by atoms with van der Waals surface area (Å²) in [5.74, 6) is 0.411. The van der Waals surface area contributed by atoms with Crippen LogP contribution in [0.5, 0.6) is 5.75 Å². The van der Waals surface area contributed by atoms with Crippen molar-refractivity contribution in [2.45, 2.75) is 6.54 Å². The molecule has 3 aromatic carbocycles. The standard InChI is InChI=1S/C28H21N3O3S/c1-34-23-13-14-25-24(16-23)30-28(35-25)31(18-19-6-5-15-29-17-19)27(33)22-11-9-21(10-12-22)26(32)20-7-3-2-4-8-20/h2-17H,18H2,1H3. The third kappa shape index (κ3) is 4.81. The van der Waals surface area contributed by atoms with Crippen molar-refractivity contribution in [1.29, 1.82) is 0 Å². The Morgan fingerprint density at radius 1 is 0.886 bits per heavy atom. The third-order valence-electron chi connectivity index (χ3n) is 5.55. The smallest absolute Gasteiger partial charge is 0.260 e. The van der Waals surface area contributed by atoms with Crippen LogP contribution in [-0.4, -0.2) is 28.8 Å². The maximum absolute atomic E-state index is 13.7. The highest BCUT2D eigenvalue weighted by Gasteiger charge is 2.22. The zero-order valence-electron chi connectivity index (χ0n) is 18.9. The van der Waals surface area contributed by atoms with Crippen molar-refractivity contribution in [2.24, 2.45) is 0 Å². The van der Waals surface area contributed by atoms with Crippen LogP contribution in [-0.2, 0) is 6.54 Å². The molecule has 35 heavy (non-hydrogen) atoms. The quantitative estimate of drug-likeness (QED) is 0.277. The van der Waals surface area contributed by atoms with Gasteiger partial charge in [-0.2, -0.15) is 0 Å². The molecule has 0 unspecified atom stereocenters. The molecule has 5 rings (SSSR count). The summed E-state index contributed by atoms with van der Waals surface area (Å²) in [6.07, 6.45) is 3.43. The normalized spacial score (nSPS) is 10.8. The number of methoxy groups -OCH3 is 1. The molecule has 0 saturated carbocycles. The summed E-state index contributed by atoms with van der Waals surface area (Å²) in [7, 11) is 1.61. The fraction of sp³-hybridized carbons (Fsp3) is 0.0714. The molecule has 0 atom stereocenters. The lowest BCUT2D eigenvalue weighted by molar-refractivity contribution is 0.0982. The lowest BCUT2D eigenvalue weighted by Crippen LogP contribution is -2.30. The molecule has 0 radical (unpaired) electrons. The van der Waals surface area contributed by atoms with Gasteiger partial charge in [0.1, 0.15) is 5.75 Å². The summed E-state index contributed by atoms with van der Waals surface area (Å²) in [5, 5.41) is 0.576. The summed E-state index contributed by atoms with van der Waals surface area (Å²) in [6, 6.07) is 25.3. The van der Waals surface area contributed by atoms with Gasteiger partial charge in [0.05, 0.1) is 23.9 Å². The van der Waals surface area contributed by atoms with E-state index in [9.17, 15) is 9.59 Å². The summed E-state index contributed by atoms with van der Waals surface area (Å²) in [5.41, 5.74) is 3.24. The molecule has 0 aliphatic carbocycles. The van der Waals surface area contributed by atoms with Gasteiger partial charge in [-0.05, 0) is 35.9 Å². The number of ketones is 1. The van der Waals surface area contributed by atoms with E-state index in [1.165, 1.54) is 11.3 Å². The van der Waals surface area contributed by atoms with E-state index >= 15 is 0 Å². The van der Waals surface area contributed by atoms with E-state index in [-0.39, 0.29) is 11.7 Å². The second kappa shape index (κ2) is 9.87. The van der Waals surface area contributed by atoms with Gasteiger partial charge in [-0.1, -0.05) is 59.9 Å². The average Bonchev–Trinajstić information content (AvgIpc) is 3.35. The number of rotatable bonds is 7. The highest BCUT2D eigenvalue weighted by molar-refractivity contribution is 7.22. The van der Waals surface area contributed by atoms with Gasteiger partial charge in [0.15, 0.2) is 10.9 Å². The van der Waals surface area contributed by atoms with Crippen molar-refractivity contribution < 1.29 is 14.3 Å². The topological polar surface area (TPSA) is 72.4 Å². The van der Waals surface area contributed by atoms with E-state index in [0.29, 0.717) is 34.1 Å². The molecule has 2 aromatic heterocycles. The Balaban J connectivity index is 1.48. The predicted molar refractivity (Wildman–Crippen MR) is 137 cm³/mol.